The molecule has 0 fully saturated rings. The molecule has 0 spiro atoms. The Hall–Kier alpha value is -1.88. The molecule has 0 N–H and O–H groups in total. The predicted octanol–water partition coefficient (Wildman–Crippen LogP) is 7.09. The molecule has 0 bridgehead atoms. The summed E-state index contributed by atoms with van der Waals surface area (Å²) < 4.78 is 12.0. The lowest BCUT2D eigenvalue weighted by atomic mass is 10.2. The van der Waals surface area contributed by atoms with Crippen LogP contribution in [-0.2, 0) is 0 Å². The number of benzene rings is 2. The minimum absolute atomic E-state index is 0. The van der Waals surface area contributed by atoms with E-state index in [0.29, 0.717) is 5.56 Å². The minimum Gasteiger partial charge on any atom is -0.494 e. The molecule has 0 aromatic heterocycles. The molecule has 0 atom stereocenters. The van der Waals surface area contributed by atoms with Crippen LogP contribution in [0, 0.1) is 0 Å². The molecule has 0 aliphatic carbocycles. The van der Waals surface area contributed by atoms with Crippen molar-refractivity contribution in [2.75, 3.05) is 13.2 Å². The summed E-state index contributed by atoms with van der Waals surface area (Å²) in [7, 11) is 0. The number of carbonyl (C=O) groups excluding carboxylic acids is 1. The van der Waals surface area contributed by atoms with E-state index in [1.165, 1.54) is 6.42 Å². The van der Waals surface area contributed by atoms with Gasteiger partial charge in [-0.25, -0.2) is 0 Å². The van der Waals surface area contributed by atoms with E-state index in [9.17, 15) is 4.79 Å². The highest BCUT2D eigenvalue weighted by atomic mass is 79.9. The van der Waals surface area contributed by atoms with Gasteiger partial charge in [0, 0.05) is 10.0 Å². The number of hydrogen-bond donors (Lipinski definition) is 0. The number of ether oxygens (including phenoxy) is 2. The van der Waals surface area contributed by atoms with E-state index in [1.54, 1.807) is 12.1 Å². The van der Waals surface area contributed by atoms with Crippen molar-refractivity contribution in [1.29, 1.82) is 0 Å². The Bertz CT molecular complexity index is 586. The van der Waals surface area contributed by atoms with Crippen molar-refractivity contribution in [2.24, 2.45) is 0 Å². The van der Waals surface area contributed by atoms with Crippen LogP contribution in [0.3, 0.4) is 0 Å². The molecule has 0 saturated carbocycles. The first-order chi connectivity index (χ1) is 12.2. The van der Waals surface area contributed by atoms with Crippen molar-refractivity contribution >= 4 is 22.2 Å². The maximum Gasteiger partial charge on any atom is 0.150 e. The summed E-state index contributed by atoms with van der Waals surface area (Å²) in [5.41, 5.74) is 0.683. The van der Waals surface area contributed by atoms with Crippen molar-refractivity contribution in [3.63, 3.8) is 0 Å². The lowest BCUT2D eigenvalue weighted by Gasteiger charge is -2.04. The number of carbonyl (C=O) groups is 1. The molecule has 2 aromatic rings. The van der Waals surface area contributed by atoms with Crippen LogP contribution in [0.25, 0.3) is 0 Å². The van der Waals surface area contributed by atoms with E-state index < -0.39 is 0 Å². The van der Waals surface area contributed by atoms with Gasteiger partial charge in [0.25, 0.3) is 0 Å². The normalized spacial score (nSPS) is 9.00. The Morgan fingerprint density at radius 1 is 0.815 bits per heavy atom. The molecule has 2 rings (SSSR count). The molecule has 0 amide bonds. The summed E-state index contributed by atoms with van der Waals surface area (Å²) in [6.45, 7) is 5.85. The van der Waals surface area contributed by atoms with Gasteiger partial charge in [-0.1, -0.05) is 50.0 Å². The van der Waals surface area contributed by atoms with Gasteiger partial charge >= 0.3 is 0 Å². The van der Waals surface area contributed by atoms with Crippen LogP contribution in [0.2, 0.25) is 0 Å². The van der Waals surface area contributed by atoms with Crippen molar-refractivity contribution in [2.45, 2.75) is 47.0 Å². The van der Waals surface area contributed by atoms with Gasteiger partial charge in [-0.3, -0.25) is 9.50 Å². The third-order valence-corrected chi connectivity index (χ3v) is 3.89. The van der Waals surface area contributed by atoms with Crippen molar-refractivity contribution in [3.8, 4) is 11.5 Å². The van der Waals surface area contributed by atoms with Gasteiger partial charge in [-0.05, 0) is 61.4 Å². The summed E-state index contributed by atoms with van der Waals surface area (Å²) in [6, 6.07) is 15.1. The number of unbranched alkanes of at least 4 members (excludes halogenated alkanes) is 2. The summed E-state index contributed by atoms with van der Waals surface area (Å²) in [4.78, 5) is 10.3. The second kappa shape index (κ2) is 17.5. The van der Waals surface area contributed by atoms with Crippen LogP contribution in [0.4, 0.5) is 4.70 Å². The molecule has 0 aliphatic rings. The van der Waals surface area contributed by atoms with E-state index in [-0.39, 0.29) is 12.1 Å². The highest BCUT2D eigenvalue weighted by molar-refractivity contribution is 9.10. The Balaban J connectivity index is 0. The van der Waals surface area contributed by atoms with Crippen LogP contribution in [0.5, 0.6) is 11.5 Å². The first kappa shape index (κ1) is 27.3. The van der Waals surface area contributed by atoms with E-state index in [4.69, 9.17) is 9.47 Å². The fourth-order valence-corrected chi connectivity index (χ4v) is 2.11. The molecule has 0 aliphatic heterocycles. The lowest BCUT2D eigenvalue weighted by molar-refractivity contribution is 0.112. The van der Waals surface area contributed by atoms with Crippen LogP contribution in [0.15, 0.2) is 53.0 Å². The fourth-order valence-electron chi connectivity index (χ4n) is 1.84. The van der Waals surface area contributed by atoms with Crippen LogP contribution >= 0.6 is 15.9 Å². The first-order valence-electron chi connectivity index (χ1n) is 8.76. The van der Waals surface area contributed by atoms with Gasteiger partial charge in [0.1, 0.15) is 17.8 Å². The summed E-state index contributed by atoms with van der Waals surface area (Å²) in [5.74, 6) is 1.78. The maximum absolute atomic E-state index is 10.3. The summed E-state index contributed by atoms with van der Waals surface area (Å²) in [6.07, 6.45) is 5.32. The Labute approximate surface area is 171 Å². The Morgan fingerprint density at radius 3 is 1.59 bits per heavy atom. The number of aldehydes is 1. The van der Waals surface area contributed by atoms with Crippen molar-refractivity contribution in [3.05, 3.63) is 58.6 Å². The predicted molar refractivity (Wildman–Crippen MR) is 116 cm³/mol. The molecule has 27 heavy (non-hydrogen) atoms. The molecule has 0 radical (unpaired) electrons. The van der Waals surface area contributed by atoms with Gasteiger partial charge in [0.2, 0.25) is 0 Å². The van der Waals surface area contributed by atoms with Crippen LogP contribution in [-0.4, -0.2) is 19.5 Å². The van der Waals surface area contributed by atoms with E-state index >= 15 is 0 Å². The maximum atomic E-state index is 10.3. The molecular weight excluding hydrogens is 411 g/mol. The average molecular weight is 443 g/mol. The lowest BCUT2D eigenvalue weighted by Crippen LogP contribution is -1.96. The zero-order chi connectivity index (χ0) is 18.3. The van der Waals surface area contributed by atoms with Crippen LogP contribution < -0.4 is 9.47 Å². The summed E-state index contributed by atoms with van der Waals surface area (Å²) >= 11 is 3.37. The number of hydrogen-bond acceptors (Lipinski definition) is 3. The summed E-state index contributed by atoms with van der Waals surface area (Å²) in [5, 5.41) is 0. The zero-order valence-electron chi connectivity index (χ0n) is 15.4. The quantitative estimate of drug-likeness (QED) is 0.306. The Kier molecular flexibility index (Phi) is 17.8. The fraction of sp³-hybridized carbons (Fsp3) is 0.409. The van der Waals surface area contributed by atoms with Crippen LogP contribution in [0.1, 0.15) is 57.3 Å². The topological polar surface area (TPSA) is 35.5 Å². The molecule has 2 aromatic carbocycles. The second-order valence-electron chi connectivity index (χ2n) is 5.54. The van der Waals surface area contributed by atoms with E-state index in [1.807, 2.05) is 36.4 Å². The second-order valence-corrected chi connectivity index (χ2v) is 6.46. The molecule has 152 valence electrons. The van der Waals surface area contributed by atoms with E-state index in [2.05, 4.69) is 29.8 Å². The largest absolute Gasteiger partial charge is 0.494 e. The standard InChI is InChI=1S/C11H14O2.C10H13BrO.CH4.FH/c1-2-3-8-13-11-6-4-10(9-12)5-7-11;1-2-3-8-12-10-6-4-9(11)5-7-10;;/h4-7,9H,2-3,8H2,1H3;4-7H,2-3,8H2,1H3;1H4;1H. The molecule has 5 heteroatoms. The molecule has 0 unspecified atom stereocenters. The van der Waals surface area contributed by atoms with Gasteiger partial charge in [-0.2, -0.15) is 0 Å². The molecular formula is C22H32BrFO3. The highest BCUT2D eigenvalue weighted by Crippen LogP contribution is 2.16. The van der Waals surface area contributed by atoms with Crippen molar-refractivity contribution < 1.29 is 19.0 Å². The van der Waals surface area contributed by atoms with Gasteiger partial charge in [-0.15, -0.1) is 0 Å². The van der Waals surface area contributed by atoms with Gasteiger partial charge in [0.15, 0.2) is 0 Å². The average Bonchev–Trinajstić information content (AvgIpc) is 2.65. The number of halogens is 2. The minimum atomic E-state index is 0. The van der Waals surface area contributed by atoms with Crippen molar-refractivity contribution in [1.82, 2.24) is 0 Å². The smallest absolute Gasteiger partial charge is 0.150 e. The third kappa shape index (κ3) is 13.0. The molecule has 0 saturated heterocycles. The van der Waals surface area contributed by atoms with Gasteiger partial charge < -0.3 is 9.47 Å². The molecule has 0 heterocycles. The third-order valence-electron chi connectivity index (χ3n) is 3.36. The monoisotopic (exact) mass is 442 g/mol. The SMILES string of the molecule is C.CCCCOc1ccc(Br)cc1.CCCCOc1ccc(C=O)cc1.F. The highest BCUT2D eigenvalue weighted by Gasteiger charge is 1.93. The van der Waals surface area contributed by atoms with Gasteiger partial charge in [0.05, 0.1) is 13.2 Å². The molecule has 3 nitrogen and oxygen atoms in total. The zero-order valence-corrected chi connectivity index (χ0v) is 17.0. The first-order valence-corrected chi connectivity index (χ1v) is 9.55. The number of rotatable bonds is 9. The van der Waals surface area contributed by atoms with E-state index in [0.717, 1.165) is 54.7 Å². The Morgan fingerprint density at radius 2 is 1.22 bits per heavy atom.